The Kier molecular flexibility index (Phi) is 13.9. The second-order valence-electron chi connectivity index (χ2n) is 19.1. The van der Waals surface area contributed by atoms with E-state index in [0.29, 0.717) is 92.8 Å². The Morgan fingerprint density at radius 3 is 2.58 bits per heavy atom. The Morgan fingerprint density at radius 2 is 1.78 bits per heavy atom. The van der Waals surface area contributed by atoms with Crippen LogP contribution in [0.5, 0.6) is 0 Å². The Hall–Kier alpha value is -2.10. The van der Waals surface area contributed by atoms with Gasteiger partial charge in [-0.05, 0) is 114 Å². The molecular formula is C45H71N4O6+3. The van der Waals surface area contributed by atoms with Crippen LogP contribution in [0, 0.1) is 71.1 Å². The van der Waals surface area contributed by atoms with E-state index in [1.54, 1.807) is 7.11 Å². The van der Waals surface area contributed by atoms with Crippen molar-refractivity contribution in [3.63, 3.8) is 0 Å². The summed E-state index contributed by atoms with van der Waals surface area (Å²) in [5.41, 5.74) is 6.61. The van der Waals surface area contributed by atoms with Crippen molar-refractivity contribution in [2.75, 3.05) is 20.2 Å². The number of aliphatic hydroxyl groups is 3. The van der Waals surface area contributed by atoms with Gasteiger partial charge in [0.25, 0.3) is 0 Å². The second kappa shape index (κ2) is 18.7. The third-order valence-corrected chi connectivity index (χ3v) is 15.7. The van der Waals surface area contributed by atoms with Crippen LogP contribution in [0.2, 0.25) is 0 Å². The molecule has 4 aliphatic carbocycles. The standard InChI is InChI=1S/C45H69N4O6/c1-55-41-21-33-7-11-42(53)45(15-12-28(20-43(45)54)2-3-29-18-34-6-10-37(51)23-39(34)48-26-29)16-13-31(38(33)24-40(41)52)4-8-36(50)9-5-32-22-44(46)49-27-35(32)19-30-14-17-47-25-30/h14,17,25,28-29,31-36,38-41,43-44,48-50,52,54H,2-12,15,18-24,26-27,46H2,1H3/q+1/p+2/t28-,29+,31-,32?,33?,34-,35?,36-,38?,39+,40?,41?,43+,44?,45+/m0/s1. The quantitative estimate of drug-likeness (QED) is 0.131. The molecule has 1 spiro atoms. The van der Waals surface area contributed by atoms with E-state index in [9.17, 15) is 24.9 Å². The molecule has 0 aromatic carbocycles. The molecule has 0 bridgehead atoms. The number of rotatable bonds is 12. The minimum absolute atomic E-state index is 0.0726. The molecule has 0 aromatic heterocycles. The summed E-state index contributed by atoms with van der Waals surface area (Å²) in [6, 6.07) is 0.480. The van der Waals surface area contributed by atoms with Gasteiger partial charge in [0, 0.05) is 56.5 Å². The predicted octanol–water partition coefficient (Wildman–Crippen LogP) is 2.59. The minimum Gasteiger partial charge on any atom is -0.393 e. The van der Waals surface area contributed by atoms with E-state index < -0.39 is 23.7 Å². The molecule has 55 heavy (non-hydrogen) atoms. The van der Waals surface area contributed by atoms with E-state index in [1.165, 1.54) is 12.0 Å². The van der Waals surface area contributed by atoms with Crippen LogP contribution in [0.1, 0.15) is 122 Å². The number of nitrogens with two attached hydrogens (primary N) is 3. The van der Waals surface area contributed by atoms with Gasteiger partial charge in [-0.2, -0.15) is 0 Å². The molecule has 3 saturated carbocycles. The molecular weight excluding hydrogens is 693 g/mol. The maximum absolute atomic E-state index is 14.2. The van der Waals surface area contributed by atoms with Crippen molar-refractivity contribution in [1.29, 1.82) is 0 Å². The summed E-state index contributed by atoms with van der Waals surface area (Å²) < 4.78 is 5.71. The number of methoxy groups -OCH3 is 1. The molecule has 3 heterocycles. The minimum atomic E-state index is -1.04. The number of ether oxygens (including phenoxy) is 1. The summed E-state index contributed by atoms with van der Waals surface area (Å²) in [5, 5.41) is 39.1. The number of Topliss-reactive ketones (excluding diaryl/α,β-unsaturated/α-hetero) is 2. The lowest BCUT2D eigenvalue weighted by Crippen LogP contribution is -2.96. The Balaban J connectivity index is 0.986. The lowest BCUT2D eigenvalue weighted by molar-refractivity contribution is -0.711. The number of carbonyl (C=O) groups is 2. The van der Waals surface area contributed by atoms with Crippen molar-refractivity contribution in [3.8, 4) is 11.8 Å². The van der Waals surface area contributed by atoms with Gasteiger partial charge in [-0.1, -0.05) is 11.8 Å². The second-order valence-corrected chi connectivity index (χ2v) is 19.1. The maximum Gasteiger partial charge on any atom is 0.176 e. The van der Waals surface area contributed by atoms with Crippen LogP contribution in [0.25, 0.3) is 0 Å². The highest BCUT2D eigenvalue weighted by molar-refractivity contribution is 5.89. The predicted molar refractivity (Wildman–Crippen MR) is 211 cm³/mol. The average molecular weight is 764 g/mol. The van der Waals surface area contributed by atoms with Crippen LogP contribution in [0.4, 0.5) is 0 Å². The number of allylic oxidation sites excluding steroid dienone is 1. The van der Waals surface area contributed by atoms with Crippen LogP contribution in [0.15, 0.2) is 16.6 Å². The van der Waals surface area contributed by atoms with Crippen molar-refractivity contribution < 1.29 is 40.3 Å². The third-order valence-electron chi connectivity index (χ3n) is 15.7. The summed E-state index contributed by atoms with van der Waals surface area (Å²) >= 11 is 0. The van der Waals surface area contributed by atoms with Crippen LogP contribution in [0.3, 0.4) is 0 Å². The van der Waals surface area contributed by atoms with Crippen molar-refractivity contribution in [3.05, 3.63) is 18.2 Å². The number of quaternary nitrogens is 2. The number of ketones is 2. The molecule has 7 aliphatic rings. The van der Waals surface area contributed by atoms with E-state index in [0.717, 1.165) is 77.3 Å². The highest BCUT2D eigenvalue weighted by Gasteiger charge is 2.49. The van der Waals surface area contributed by atoms with Gasteiger partial charge in [0.1, 0.15) is 29.5 Å². The van der Waals surface area contributed by atoms with Gasteiger partial charge in [-0.25, -0.2) is 0 Å². The number of hydrogen-bond donors (Lipinski definition) is 6. The van der Waals surface area contributed by atoms with Crippen LogP contribution >= 0.6 is 0 Å². The first-order valence-corrected chi connectivity index (χ1v) is 22.2. The smallest absolute Gasteiger partial charge is 0.176 e. The van der Waals surface area contributed by atoms with Crippen LogP contribution in [-0.2, 0) is 14.3 Å². The van der Waals surface area contributed by atoms with Gasteiger partial charge in [0.05, 0.1) is 56.0 Å². The molecule has 5 fully saturated rings. The fourth-order valence-electron chi connectivity index (χ4n) is 12.2. The van der Waals surface area contributed by atoms with Gasteiger partial charge in [0.2, 0.25) is 0 Å². The zero-order valence-electron chi connectivity index (χ0n) is 33.4. The summed E-state index contributed by atoms with van der Waals surface area (Å²) in [5.74, 6) is 10.5. The van der Waals surface area contributed by atoms with E-state index in [2.05, 4.69) is 33.5 Å². The lowest BCUT2D eigenvalue weighted by atomic mass is 9.64. The highest BCUT2D eigenvalue weighted by Crippen LogP contribution is 2.47. The number of fused-ring (bicyclic) bond motifs is 2. The number of hydrogen-bond acceptors (Lipinski definition) is 8. The Labute approximate surface area is 329 Å². The number of aliphatic hydroxyl groups excluding tert-OH is 3. The molecule has 3 aliphatic heterocycles. The number of piperidine rings is 2. The summed E-state index contributed by atoms with van der Waals surface area (Å²) in [4.78, 5) is 30.4. The summed E-state index contributed by atoms with van der Waals surface area (Å²) in [7, 11) is 1.66. The molecule has 304 valence electrons. The normalized spacial score (nSPS) is 42.5. The van der Waals surface area contributed by atoms with Crippen molar-refractivity contribution in [2.45, 2.75) is 159 Å². The molecule has 2 saturated heterocycles. The molecule has 7 rings (SSSR count). The summed E-state index contributed by atoms with van der Waals surface area (Å²) in [6.45, 7) is 3.95. The van der Waals surface area contributed by atoms with Gasteiger partial charge in [-0.3, -0.25) is 15.3 Å². The zero-order valence-corrected chi connectivity index (χ0v) is 33.4. The van der Waals surface area contributed by atoms with E-state index in [1.807, 2.05) is 12.8 Å². The fraction of sp³-hybridized carbons (Fsp3) is 0.822. The molecule has 0 amide bonds. The maximum atomic E-state index is 14.2. The van der Waals surface area contributed by atoms with E-state index in [4.69, 9.17) is 10.5 Å². The first-order chi connectivity index (χ1) is 26.6. The first kappa shape index (κ1) is 41.1. The fourth-order valence-corrected chi connectivity index (χ4v) is 12.2. The molecule has 7 unspecified atom stereocenters. The SMILES string of the molecule is COC1CC2CCC(=O)[C@]3(C#C[C@H](CC[C@H](O)CCC4CC(N)[NH2+]CC4CC4=C[CH+]N=C4)C2CC1O)CC[C@H](CC[C@H]1C[NH2+][C@@H]2CC(=O)CC[C@H]2C1)C[C@H]3O. The monoisotopic (exact) mass is 764 g/mol. The number of aliphatic imine (C=N–C) groups is 1. The van der Waals surface area contributed by atoms with Gasteiger partial charge >= 0.3 is 0 Å². The van der Waals surface area contributed by atoms with Gasteiger partial charge in [-0.15, -0.1) is 4.99 Å². The number of carbonyl (C=O) groups excluding carboxylic acids is 2. The Morgan fingerprint density at radius 1 is 0.964 bits per heavy atom. The molecule has 0 radical (unpaired) electrons. The van der Waals surface area contributed by atoms with E-state index in [-0.39, 0.29) is 35.8 Å². The Bertz CT molecular complexity index is 1460. The average Bonchev–Trinajstić information content (AvgIpc) is 3.71. The third kappa shape index (κ3) is 9.96. The highest BCUT2D eigenvalue weighted by atomic mass is 16.5. The van der Waals surface area contributed by atoms with Crippen molar-refractivity contribution >= 4 is 17.8 Å². The van der Waals surface area contributed by atoms with E-state index >= 15 is 0 Å². The zero-order chi connectivity index (χ0) is 38.5. The van der Waals surface area contributed by atoms with Crippen LogP contribution < -0.4 is 16.4 Å². The van der Waals surface area contributed by atoms with Crippen molar-refractivity contribution in [1.82, 2.24) is 0 Å². The topological polar surface area (TPSA) is 176 Å². The first-order valence-electron chi connectivity index (χ1n) is 22.2. The molecule has 10 nitrogen and oxygen atoms in total. The van der Waals surface area contributed by atoms with Crippen LogP contribution in [-0.4, -0.2) is 89.9 Å². The molecule has 9 N–H and O–H groups in total. The lowest BCUT2D eigenvalue weighted by Gasteiger charge is -2.41. The molecule has 10 heteroatoms. The largest absolute Gasteiger partial charge is 0.393 e. The van der Waals surface area contributed by atoms with Gasteiger partial charge in [0.15, 0.2) is 12.0 Å². The van der Waals surface area contributed by atoms with Gasteiger partial charge < -0.3 is 30.7 Å². The summed E-state index contributed by atoms with van der Waals surface area (Å²) in [6.07, 6.45) is 17.5. The van der Waals surface area contributed by atoms with Crippen molar-refractivity contribution in [2.24, 2.45) is 63.5 Å². The molecule has 0 aromatic rings. The number of nitrogens with zero attached hydrogens (tertiary/aromatic N) is 1. The molecule has 15 atom stereocenters.